The van der Waals surface area contributed by atoms with Crippen LogP contribution in [0.3, 0.4) is 0 Å². The van der Waals surface area contributed by atoms with E-state index in [1.807, 2.05) is 36.4 Å². The molecule has 2 aromatic carbocycles. The van der Waals surface area contributed by atoms with Gasteiger partial charge in [0.25, 0.3) is 5.91 Å². The van der Waals surface area contributed by atoms with Gasteiger partial charge >= 0.3 is 0 Å². The smallest absolute Gasteiger partial charge is 0.255 e. The first kappa shape index (κ1) is 12.4. The molecule has 2 aromatic rings. The summed E-state index contributed by atoms with van der Waals surface area (Å²) in [6, 6.07) is 14.8. The monoisotopic (exact) mass is 355 g/mol. The van der Waals surface area contributed by atoms with Crippen LogP contribution in [-0.2, 0) is 0 Å². The Labute approximate surface area is 119 Å². The van der Waals surface area contributed by atoms with Crippen LogP contribution in [0.2, 0.25) is 0 Å². The molecule has 0 heterocycles. The fourth-order valence-electron chi connectivity index (χ4n) is 1.40. The lowest BCUT2D eigenvalue weighted by Crippen LogP contribution is -2.12. The first-order valence-electron chi connectivity index (χ1n) is 5.02. The molecule has 0 fully saturated rings. The molecule has 0 saturated heterocycles. The first-order chi connectivity index (χ1) is 8.16. The Morgan fingerprint density at radius 3 is 2.59 bits per heavy atom. The average molecular weight is 355 g/mol. The van der Waals surface area contributed by atoms with E-state index < -0.39 is 0 Å². The van der Waals surface area contributed by atoms with Crippen molar-refractivity contribution in [3.05, 3.63) is 57.7 Å². The summed E-state index contributed by atoms with van der Waals surface area (Å²) in [7, 11) is 0. The van der Waals surface area contributed by atoms with E-state index in [1.54, 1.807) is 12.1 Å². The third-order valence-electron chi connectivity index (χ3n) is 2.23. The molecule has 17 heavy (non-hydrogen) atoms. The highest BCUT2D eigenvalue weighted by atomic mass is 127. The second-order valence-corrected chi connectivity index (χ2v) is 5.16. The molecule has 2 rings (SSSR count). The molecule has 0 aromatic heterocycles. The Morgan fingerprint density at radius 1 is 1.12 bits per heavy atom. The van der Waals surface area contributed by atoms with Gasteiger partial charge in [0.05, 0.1) is 5.69 Å². The summed E-state index contributed by atoms with van der Waals surface area (Å²) in [5.41, 5.74) is 1.43. The number of thiol groups is 1. The van der Waals surface area contributed by atoms with Crippen LogP contribution in [0.4, 0.5) is 5.69 Å². The number of carbonyl (C=O) groups excluding carboxylic acids is 1. The van der Waals surface area contributed by atoms with Crippen LogP contribution < -0.4 is 5.32 Å². The third kappa shape index (κ3) is 3.23. The number of rotatable bonds is 2. The number of nitrogens with one attached hydrogen (secondary N) is 1. The van der Waals surface area contributed by atoms with E-state index in [2.05, 4.69) is 40.5 Å². The predicted octanol–water partition coefficient (Wildman–Crippen LogP) is 3.83. The Kier molecular flexibility index (Phi) is 4.06. The van der Waals surface area contributed by atoms with E-state index >= 15 is 0 Å². The van der Waals surface area contributed by atoms with Crippen LogP contribution in [0.1, 0.15) is 10.4 Å². The van der Waals surface area contributed by atoms with Crippen molar-refractivity contribution in [1.29, 1.82) is 0 Å². The maximum atomic E-state index is 12.0. The highest BCUT2D eigenvalue weighted by molar-refractivity contribution is 14.1. The molecule has 4 heteroatoms. The lowest BCUT2D eigenvalue weighted by atomic mass is 10.2. The van der Waals surface area contributed by atoms with Crippen LogP contribution in [0, 0.1) is 3.57 Å². The second kappa shape index (κ2) is 5.55. The van der Waals surface area contributed by atoms with Gasteiger partial charge in [-0.1, -0.05) is 18.2 Å². The van der Waals surface area contributed by atoms with Crippen LogP contribution >= 0.6 is 35.2 Å². The largest absolute Gasteiger partial charge is 0.321 e. The highest BCUT2D eigenvalue weighted by Crippen LogP contribution is 2.18. The van der Waals surface area contributed by atoms with Crippen molar-refractivity contribution >= 4 is 46.8 Å². The molecule has 0 radical (unpaired) electrons. The molecule has 0 unspecified atom stereocenters. The zero-order chi connectivity index (χ0) is 12.3. The number of anilines is 1. The molecule has 0 aliphatic rings. The maximum absolute atomic E-state index is 12.0. The van der Waals surface area contributed by atoms with Gasteiger partial charge in [-0.3, -0.25) is 4.79 Å². The standard InChI is InChI=1S/C13H10INOS/c14-11-6-1-2-7-12(11)15-13(16)9-4-3-5-10(17)8-9/h1-8,17H,(H,15,16). The van der Waals surface area contributed by atoms with Gasteiger partial charge in [-0.15, -0.1) is 12.6 Å². The first-order valence-corrected chi connectivity index (χ1v) is 6.54. The Balaban J connectivity index is 2.20. The van der Waals surface area contributed by atoms with Crippen molar-refractivity contribution in [2.45, 2.75) is 4.90 Å². The SMILES string of the molecule is O=C(Nc1ccccc1I)c1cccc(S)c1. The van der Waals surface area contributed by atoms with Crippen LogP contribution in [0.15, 0.2) is 53.4 Å². The van der Waals surface area contributed by atoms with E-state index in [9.17, 15) is 4.79 Å². The summed E-state index contributed by atoms with van der Waals surface area (Å²) < 4.78 is 1.01. The van der Waals surface area contributed by atoms with Gasteiger partial charge in [0.1, 0.15) is 0 Å². The van der Waals surface area contributed by atoms with Crippen molar-refractivity contribution in [2.24, 2.45) is 0 Å². The molecule has 0 bridgehead atoms. The zero-order valence-electron chi connectivity index (χ0n) is 8.85. The molecule has 0 aliphatic carbocycles. The van der Waals surface area contributed by atoms with Crippen molar-refractivity contribution in [2.75, 3.05) is 5.32 Å². The fourth-order valence-corrected chi connectivity index (χ4v) is 2.15. The molecule has 0 spiro atoms. The fraction of sp³-hybridized carbons (Fsp3) is 0. The molecular formula is C13H10INOS. The Bertz CT molecular complexity index is 557. The predicted molar refractivity (Wildman–Crippen MR) is 80.8 cm³/mol. The van der Waals surface area contributed by atoms with Crippen molar-refractivity contribution < 1.29 is 4.79 Å². The van der Waals surface area contributed by atoms with E-state index in [0.717, 1.165) is 14.2 Å². The van der Waals surface area contributed by atoms with Gasteiger partial charge in [-0.05, 0) is 52.9 Å². The lowest BCUT2D eigenvalue weighted by Gasteiger charge is -2.07. The minimum absolute atomic E-state index is 0.120. The number of para-hydroxylation sites is 1. The summed E-state index contributed by atoms with van der Waals surface area (Å²) >= 11 is 6.40. The summed E-state index contributed by atoms with van der Waals surface area (Å²) in [5, 5.41) is 2.87. The van der Waals surface area contributed by atoms with Crippen LogP contribution in [0.5, 0.6) is 0 Å². The number of benzene rings is 2. The van der Waals surface area contributed by atoms with E-state index in [4.69, 9.17) is 0 Å². The van der Waals surface area contributed by atoms with Gasteiger partial charge in [-0.2, -0.15) is 0 Å². The number of hydrogen-bond acceptors (Lipinski definition) is 2. The second-order valence-electron chi connectivity index (χ2n) is 3.48. The van der Waals surface area contributed by atoms with Crippen molar-refractivity contribution in [1.82, 2.24) is 0 Å². The third-order valence-corrected chi connectivity index (χ3v) is 3.45. The van der Waals surface area contributed by atoms with Gasteiger partial charge < -0.3 is 5.32 Å². The van der Waals surface area contributed by atoms with E-state index in [-0.39, 0.29) is 5.91 Å². The zero-order valence-corrected chi connectivity index (χ0v) is 11.9. The topological polar surface area (TPSA) is 29.1 Å². The lowest BCUT2D eigenvalue weighted by molar-refractivity contribution is 0.102. The highest BCUT2D eigenvalue weighted by Gasteiger charge is 2.07. The van der Waals surface area contributed by atoms with Crippen molar-refractivity contribution in [3.63, 3.8) is 0 Å². The number of amides is 1. The van der Waals surface area contributed by atoms with E-state index in [1.165, 1.54) is 0 Å². The molecule has 0 saturated carbocycles. The van der Waals surface area contributed by atoms with Crippen LogP contribution in [-0.4, -0.2) is 5.91 Å². The summed E-state index contributed by atoms with van der Waals surface area (Å²) in [6.07, 6.45) is 0. The quantitative estimate of drug-likeness (QED) is 0.622. The molecule has 86 valence electrons. The minimum Gasteiger partial charge on any atom is -0.321 e. The summed E-state index contributed by atoms with van der Waals surface area (Å²) in [5.74, 6) is -0.120. The van der Waals surface area contributed by atoms with Gasteiger partial charge in [0.2, 0.25) is 0 Å². The minimum atomic E-state index is -0.120. The van der Waals surface area contributed by atoms with E-state index in [0.29, 0.717) is 5.56 Å². The number of halogens is 1. The maximum Gasteiger partial charge on any atom is 0.255 e. The van der Waals surface area contributed by atoms with Gasteiger partial charge in [-0.25, -0.2) is 0 Å². The molecule has 1 N–H and O–H groups in total. The normalized spacial score (nSPS) is 10.0. The molecule has 0 aliphatic heterocycles. The molecule has 2 nitrogen and oxygen atoms in total. The summed E-state index contributed by atoms with van der Waals surface area (Å²) in [6.45, 7) is 0. The summed E-state index contributed by atoms with van der Waals surface area (Å²) in [4.78, 5) is 12.7. The molecule has 0 atom stereocenters. The Morgan fingerprint density at radius 2 is 1.88 bits per heavy atom. The average Bonchev–Trinajstić information content (AvgIpc) is 2.32. The van der Waals surface area contributed by atoms with Crippen LogP contribution in [0.25, 0.3) is 0 Å². The van der Waals surface area contributed by atoms with Gasteiger partial charge in [0.15, 0.2) is 0 Å². The number of carbonyl (C=O) groups is 1. The number of hydrogen-bond donors (Lipinski definition) is 2. The van der Waals surface area contributed by atoms with Crippen molar-refractivity contribution in [3.8, 4) is 0 Å². The molecular weight excluding hydrogens is 345 g/mol. The van der Waals surface area contributed by atoms with Gasteiger partial charge in [0, 0.05) is 14.0 Å². The molecule has 1 amide bonds. The Hall–Kier alpha value is -1.01.